The first-order valence-corrected chi connectivity index (χ1v) is 11.0. The molecule has 0 unspecified atom stereocenters. The summed E-state index contributed by atoms with van der Waals surface area (Å²) in [7, 11) is 0. The number of carbonyl (C=O) groups is 1. The topological polar surface area (TPSA) is 110 Å². The monoisotopic (exact) mass is 460 g/mol. The van der Waals surface area contributed by atoms with E-state index in [1.807, 2.05) is 26.0 Å². The van der Waals surface area contributed by atoms with Crippen molar-refractivity contribution in [2.45, 2.75) is 26.9 Å². The summed E-state index contributed by atoms with van der Waals surface area (Å²) in [5.41, 5.74) is 8.28. The molecule has 4 rings (SSSR count). The van der Waals surface area contributed by atoms with Crippen LogP contribution in [0.2, 0.25) is 0 Å². The minimum absolute atomic E-state index is 0.0486. The van der Waals surface area contributed by atoms with Crippen LogP contribution in [-0.2, 0) is 6.61 Å². The van der Waals surface area contributed by atoms with Crippen molar-refractivity contribution in [3.05, 3.63) is 87.7 Å². The number of ether oxygens (including phenoxy) is 1. The number of para-hydroxylation sites is 1. The Kier molecular flexibility index (Phi) is 6.58. The molecule has 0 bridgehead atoms. The molecule has 8 heteroatoms. The van der Waals surface area contributed by atoms with Crippen LogP contribution in [0.25, 0.3) is 22.0 Å². The summed E-state index contributed by atoms with van der Waals surface area (Å²) in [6.45, 7) is 4.50. The van der Waals surface area contributed by atoms with Gasteiger partial charge in [0.05, 0.1) is 16.9 Å². The molecular formula is C26H25FN4O3. The fourth-order valence-electron chi connectivity index (χ4n) is 3.66. The molecule has 174 valence electrons. The fraction of sp³-hybridized carbons (Fsp3) is 0.192. The highest BCUT2D eigenvalue weighted by molar-refractivity contribution is 6.09. The molecule has 0 fully saturated rings. The van der Waals surface area contributed by atoms with Gasteiger partial charge in [-0.15, -0.1) is 0 Å². The van der Waals surface area contributed by atoms with E-state index in [2.05, 4.69) is 15.3 Å². The second-order valence-corrected chi connectivity index (χ2v) is 7.98. The van der Waals surface area contributed by atoms with Crippen molar-refractivity contribution in [3.8, 4) is 16.9 Å². The molecule has 0 atom stereocenters. The second kappa shape index (κ2) is 9.74. The highest BCUT2D eigenvalue weighted by Crippen LogP contribution is 2.34. The number of H-pyrrole nitrogens is 1. The van der Waals surface area contributed by atoms with Crippen LogP contribution in [0.5, 0.6) is 5.75 Å². The van der Waals surface area contributed by atoms with Crippen LogP contribution in [-0.4, -0.2) is 22.4 Å². The number of anilines is 1. The van der Waals surface area contributed by atoms with E-state index < -0.39 is 17.3 Å². The van der Waals surface area contributed by atoms with Gasteiger partial charge in [0.2, 0.25) is 0 Å². The minimum Gasteiger partial charge on any atom is -0.487 e. The van der Waals surface area contributed by atoms with Gasteiger partial charge in [0, 0.05) is 29.3 Å². The van der Waals surface area contributed by atoms with Crippen molar-refractivity contribution in [1.29, 1.82) is 0 Å². The third-order valence-electron chi connectivity index (χ3n) is 5.44. The molecule has 7 nitrogen and oxygen atoms in total. The summed E-state index contributed by atoms with van der Waals surface area (Å²) >= 11 is 0. The van der Waals surface area contributed by atoms with Gasteiger partial charge in [-0.2, -0.15) is 0 Å². The highest BCUT2D eigenvalue weighted by atomic mass is 19.1. The van der Waals surface area contributed by atoms with Crippen molar-refractivity contribution in [3.63, 3.8) is 0 Å². The first kappa shape index (κ1) is 23.0. The number of carbonyl (C=O) groups excluding carboxylic acids is 1. The normalized spacial score (nSPS) is 10.9. The Bertz CT molecular complexity index is 1410. The Balaban J connectivity index is 1.73. The van der Waals surface area contributed by atoms with Crippen molar-refractivity contribution in [1.82, 2.24) is 15.3 Å². The zero-order chi connectivity index (χ0) is 24.2. The average molecular weight is 461 g/mol. The second-order valence-electron chi connectivity index (χ2n) is 7.98. The number of aromatic nitrogens is 2. The first-order chi connectivity index (χ1) is 16.4. The van der Waals surface area contributed by atoms with E-state index >= 15 is 0 Å². The summed E-state index contributed by atoms with van der Waals surface area (Å²) < 4.78 is 20.7. The molecule has 0 spiro atoms. The number of hydrogen-bond donors (Lipinski definition) is 3. The van der Waals surface area contributed by atoms with E-state index in [0.29, 0.717) is 28.8 Å². The molecule has 2 heterocycles. The maximum atomic E-state index is 14.9. The number of nitrogen functional groups attached to an aromatic ring is 1. The number of nitrogens with zero attached hydrogens (tertiary/aromatic N) is 1. The van der Waals surface area contributed by atoms with Crippen molar-refractivity contribution in [2.24, 2.45) is 0 Å². The molecule has 0 aliphatic rings. The summed E-state index contributed by atoms with van der Waals surface area (Å²) in [6, 6.07) is 13.3. The molecule has 1 amide bonds. The van der Waals surface area contributed by atoms with Crippen LogP contribution in [0, 0.1) is 12.7 Å². The number of aromatic amines is 1. The van der Waals surface area contributed by atoms with Crippen LogP contribution >= 0.6 is 0 Å². The summed E-state index contributed by atoms with van der Waals surface area (Å²) in [4.78, 5) is 32.2. The van der Waals surface area contributed by atoms with Crippen molar-refractivity contribution in [2.75, 3.05) is 12.3 Å². The quantitative estimate of drug-likeness (QED) is 0.380. The van der Waals surface area contributed by atoms with Gasteiger partial charge >= 0.3 is 0 Å². The van der Waals surface area contributed by atoms with E-state index in [-0.39, 0.29) is 23.4 Å². The smallest absolute Gasteiger partial charge is 0.263 e. The number of nitrogens with one attached hydrogen (secondary N) is 2. The van der Waals surface area contributed by atoms with Gasteiger partial charge in [0.25, 0.3) is 11.5 Å². The summed E-state index contributed by atoms with van der Waals surface area (Å²) in [5, 5.41) is 3.12. The van der Waals surface area contributed by atoms with Gasteiger partial charge < -0.3 is 20.8 Å². The number of pyridine rings is 2. The van der Waals surface area contributed by atoms with Crippen molar-refractivity contribution < 1.29 is 13.9 Å². The number of amides is 1. The van der Waals surface area contributed by atoms with Gasteiger partial charge in [0.15, 0.2) is 0 Å². The zero-order valence-electron chi connectivity index (χ0n) is 18.9. The Morgan fingerprint density at radius 1 is 1.18 bits per heavy atom. The number of rotatable bonds is 7. The van der Waals surface area contributed by atoms with Gasteiger partial charge in [-0.05, 0) is 43.2 Å². The molecule has 4 aromatic rings. The number of benzene rings is 2. The van der Waals surface area contributed by atoms with Crippen molar-refractivity contribution >= 4 is 22.5 Å². The largest absolute Gasteiger partial charge is 0.487 e. The fourth-order valence-corrected chi connectivity index (χ4v) is 3.66. The van der Waals surface area contributed by atoms with E-state index in [1.54, 1.807) is 30.5 Å². The van der Waals surface area contributed by atoms with Gasteiger partial charge in [-0.25, -0.2) is 4.39 Å². The van der Waals surface area contributed by atoms with Gasteiger partial charge in [-0.1, -0.05) is 31.2 Å². The molecule has 0 aliphatic carbocycles. The molecule has 4 N–H and O–H groups in total. The lowest BCUT2D eigenvalue weighted by molar-refractivity contribution is 0.0953. The molecule has 34 heavy (non-hydrogen) atoms. The predicted molar refractivity (Wildman–Crippen MR) is 130 cm³/mol. The lowest BCUT2D eigenvalue weighted by Crippen LogP contribution is -2.31. The summed E-state index contributed by atoms with van der Waals surface area (Å²) in [5.74, 6) is -0.585. The van der Waals surface area contributed by atoms with Crippen LogP contribution in [0.1, 0.15) is 35.0 Å². The first-order valence-electron chi connectivity index (χ1n) is 11.0. The number of halogens is 1. The maximum Gasteiger partial charge on any atom is 0.263 e. The van der Waals surface area contributed by atoms with E-state index in [4.69, 9.17) is 10.5 Å². The lowest BCUT2D eigenvalue weighted by Gasteiger charge is -2.13. The molecule has 0 radical (unpaired) electrons. The van der Waals surface area contributed by atoms with Crippen LogP contribution in [0.4, 0.5) is 10.1 Å². The average Bonchev–Trinajstić information content (AvgIpc) is 2.83. The highest BCUT2D eigenvalue weighted by Gasteiger charge is 2.20. The third kappa shape index (κ3) is 4.61. The summed E-state index contributed by atoms with van der Waals surface area (Å²) in [6.07, 6.45) is 2.47. The number of fused-ring (bicyclic) bond motifs is 1. The standard InChI is InChI=1S/C26H25FN4O3/c1-3-11-29-25(32)22-23(28)19-6-4-5-18(24(19)31-26(22)33)20-12-17(9-10-21(20)27)34-14-16-8-7-15(2)13-30-16/h4-10,12-13H,3,11,14H2,1-2H3,(H,29,32)(H3,28,31,33). The molecular weight excluding hydrogens is 435 g/mol. The molecule has 2 aromatic heterocycles. The predicted octanol–water partition coefficient (Wildman–Crippen LogP) is 4.34. The number of hydrogen-bond acceptors (Lipinski definition) is 5. The maximum absolute atomic E-state index is 14.9. The Labute approximate surface area is 195 Å². The van der Waals surface area contributed by atoms with Gasteiger partial charge in [0.1, 0.15) is 23.7 Å². The Morgan fingerprint density at radius 3 is 2.74 bits per heavy atom. The molecule has 0 saturated carbocycles. The molecule has 0 saturated heterocycles. The van der Waals surface area contributed by atoms with E-state index in [9.17, 15) is 14.0 Å². The van der Waals surface area contributed by atoms with Crippen LogP contribution in [0.3, 0.4) is 0 Å². The van der Waals surface area contributed by atoms with Crippen LogP contribution < -0.4 is 21.3 Å². The Morgan fingerprint density at radius 2 is 2.00 bits per heavy atom. The lowest BCUT2D eigenvalue weighted by atomic mass is 9.99. The van der Waals surface area contributed by atoms with Crippen LogP contribution in [0.15, 0.2) is 59.5 Å². The van der Waals surface area contributed by atoms with E-state index in [1.165, 1.54) is 12.1 Å². The molecule has 0 aliphatic heterocycles. The number of nitrogens with two attached hydrogens (primary N) is 1. The zero-order valence-corrected chi connectivity index (χ0v) is 18.9. The Hall–Kier alpha value is -4.20. The molecule has 2 aromatic carbocycles. The minimum atomic E-state index is -0.635. The number of aryl methyl sites for hydroxylation is 1. The van der Waals surface area contributed by atoms with Gasteiger partial charge in [-0.3, -0.25) is 14.6 Å². The SMILES string of the molecule is CCCNC(=O)c1c(N)c2cccc(-c3cc(OCc4ccc(C)cn4)ccc3F)c2[nH]c1=O. The third-order valence-corrected chi connectivity index (χ3v) is 5.44. The van der Waals surface area contributed by atoms with E-state index in [0.717, 1.165) is 17.7 Å².